The summed E-state index contributed by atoms with van der Waals surface area (Å²) in [5.74, 6) is -2.26. The minimum Gasteiger partial charge on any atom is -0.499 e. The number of benzene rings is 4. The molecule has 0 radical (unpaired) electrons. The van der Waals surface area contributed by atoms with Crippen LogP contribution in [-0.2, 0) is 99.2 Å². The smallest absolute Gasteiger partial charge is 0.338 e. The van der Waals surface area contributed by atoms with Crippen molar-refractivity contribution >= 4 is 40.7 Å². The number of ether oxygens (including phenoxy) is 14. The van der Waals surface area contributed by atoms with Crippen LogP contribution in [0.25, 0.3) is 0 Å². The van der Waals surface area contributed by atoms with Crippen molar-refractivity contribution in [1.29, 1.82) is 0 Å². The molecule has 19 nitrogen and oxygen atoms in total. The second-order valence-corrected chi connectivity index (χ2v) is 17.7. The molecule has 0 amide bonds. The van der Waals surface area contributed by atoms with Crippen LogP contribution in [0.15, 0.2) is 179 Å². The maximum atomic E-state index is 12.3. The largest absolute Gasteiger partial charge is 0.499 e. The van der Waals surface area contributed by atoms with Crippen LogP contribution in [0.3, 0.4) is 0 Å². The van der Waals surface area contributed by atoms with Crippen molar-refractivity contribution in [1.82, 2.24) is 0 Å². The van der Waals surface area contributed by atoms with Gasteiger partial charge in [-0.05, 0) is 110 Å². The predicted octanol–water partition coefficient (Wildman–Crippen LogP) is 12.5. The third-order valence-corrected chi connectivity index (χ3v) is 10.7. The van der Waals surface area contributed by atoms with Gasteiger partial charge in [-0.15, -0.1) is 0 Å². The molecule has 0 N–H and O–H groups in total. The lowest BCUT2D eigenvalue weighted by Gasteiger charge is -2.18. The first kappa shape index (κ1) is 72.4. The topological polar surface area (TPSA) is 205 Å². The summed E-state index contributed by atoms with van der Waals surface area (Å²) in [6, 6.07) is 24.8. The highest BCUT2D eigenvalue weighted by molar-refractivity contribution is 6.00. The second-order valence-electron chi connectivity index (χ2n) is 17.7. The van der Waals surface area contributed by atoms with E-state index in [-0.39, 0.29) is 56.3 Å². The molecule has 0 atom stereocenters. The fraction of sp³-hybridized carbons (Fsp3) is 0.348. The highest BCUT2D eigenvalue weighted by Crippen LogP contribution is 2.23. The van der Waals surface area contributed by atoms with Gasteiger partial charge in [0.05, 0.1) is 125 Å². The molecular formula is C66H84N2O17. The van der Waals surface area contributed by atoms with Crippen molar-refractivity contribution in [2.45, 2.75) is 60.5 Å². The highest BCUT2D eigenvalue weighted by atomic mass is 16.6. The molecular weight excluding hydrogens is 1090 g/mol. The first-order valence-electron chi connectivity index (χ1n) is 27.2. The summed E-state index contributed by atoms with van der Waals surface area (Å²) in [6.45, 7) is 37.6. The minimum absolute atomic E-state index is 0.0281. The Morgan fingerprint density at radius 2 is 0.576 bits per heavy atom. The summed E-state index contributed by atoms with van der Waals surface area (Å²) < 4.78 is 73.4. The average Bonchev–Trinajstić information content (AvgIpc) is 3.42. The van der Waals surface area contributed by atoms with Crippen LogP contribution < -0.4 is 0 Å². The van der Waals surface area contributed by atoms with Crippen LogP contribution in [0.2, 0.25) is 0 Å². The molecule has 0 heterocycles. The Hall–Kier alpha value is -8.75. The van der Waals surface area contributed by atoms with Gasteiger partial charge in [0, 0.05) is 11.4 Å². The molecule has 4 aromatic rings. The first-order valence-corrected chi connectivity index (χ1v) is 27.2. The number of aliphatic imine (C=N–C) groups is 2. The van der Waals surface area contributed by atoms with E-state index in [0.717, 1.165) is 51.5 Å². The summed E-state index contributed by atoms with van der Waals surface area (Å²) in [5.41, 5.74) is 10.7. The summed E-state index contributed by atoms with van der Waals surface area (Å²) in [4.78, 5) is 45.8. The number of carbonyl (C=O) groups is 3. The second kappa shape index (κ2) is 46.7. The summed E-state index contributed by atoms with van der Waals surface area (Å²) in [5, 5.41) is 0. The monoisotopic (exact) mass is 1180 g/mol. The van der Waals surface area contributed by atoms with Crippen molar-refractivity contribution in [2.75, 3.05) is 92.5 Å². The molecule has 0 aliphatic rings. The molecule has 0 unspecified atom stereocenters. The van der Waals surface area contributed by atoms with E-state index in [2.05, 4.69) is 117 Å². The zero-order valence-corrected chi connectivity index (χ0v) is 49.8. The summed E-state index contributed by atoms with van der Waals surface area (Å²) in [7, 11) is 0. The maximum absolute atomic E-state index is 12.3. The van der Waals surface area contributed by atoms with E-state index in [1.165, 1.54) is 73.2 Å². The third kappa shape index (κ3) is 33.8. The molecule has 460 valence electrons. The van der Waals surface area contributed by atoms with Crippen molar-refractivity contribution in [3.63, 3.8) is 0 Å². The summed E-state index contributed by atoms with van der Waals surface area (Å²) in [6.07, 6.45) is 10.2. The Kier molecular flexibility index (Phi) is 39.8. The lowest BCUT2D eigenvalue weighted by molar-refractivity contribution is 0.0414. The Labute approximate surface area is 501 Å². The normalized spacial score (nSPS) is 10.0. The molecule has 0 spiro atoms. The number of hydrogen-bond donors (Lipinski definition) is 0. The number of carbonyl (C=O) groups excluding carboxylic acids is 3. The Balaban J connectivity index is 0.000000446. The van der Waals surface area contributed by atoms with Crippen molar-refractivity contribution < 1.29 is 80.7 Å². The van der Waals surface area contributed by atoms with Gasteiger partial charge in [-0.2, -0.15) is 0 Å². The van der Waals surface area contributed by atoms with Crippen LogP contribution in [0.5, 0.6) is 0 Å². The zero-order valence-electron chi connectivity index (χ0n) is 49.8. The van der Waals surface area contributed by atoms with Crippen LogP contribution in [-0.4, -0.2) is 122 Å². The van der Waals surface area contributed by atoms with Crippen molar-refractivity contribution in [3.8, 4) is 0 Å². The van der Waals surface area contributed by atoms with Crippen LogP contribution in [0.4, 0.5) is 11.4 Å². The average molecular weight is 1180 g/mol. The van der Waals surface area contributed by atoms with Crippen LogP contribution in [0, 0.1) is 0 Å². The van der Waals surface area contributed by atoms with Gasteiger partial charge in [-0.3, -0.25) is 9.98 Å². The van der Waals surface area contributed by atoms with E-state index in [1.54, 1.807) is 0 Å². The van der Waals surface area contributed by atoms with Gasteiger partial charge < -0.3 is 66.3 Å². The van der Waals surface area contributed by atoms with Crippen LogP contribution in [0.1, 0.15) is 92.1 Å². The molecule has 0 bridgehead atoms. The van der Waals surface area contributed by atoms with E-state index >= 15 is 0 Å². The Morgan fingerprint density at radius 1 is 0.341 bits per heavy atom. The Morgan fingerprint density at radius 3 is 0.800 bits per heavy atom. The zero-order chi connectivity index (χ0) is 62.1. The van der Waals surface area contributed by atoms with Crippen LogP contribution >= 0.6 is 0 Å². The summed E-state index contributed by atoms with van der Waals surface area (Å²) >= 11 is 0. The molecule has 0 saturated heterocycles. The maximum Gasteiger partial charge on any atom is 0.338 e. The van der Waals surface area contributed by atoms with E-state index in [1.807, 2.05) is 27.7 Å². The third-order valence-electron chi connectivity index (χ3n) is 10.7. The van der Waals surface area contributed by atoms with E-state index in [0.29, 0.717) is 79.3 Å². The fourth-order valence-electron chi connectivity index (χ4n) is 6.98. The van der Waals surface area contributed by atoms with Gasteiger partial charge in [0.25, 0.3) is 0 Å². The Bertz CT molecular complexity index is 2410. The van der Waals surface area contributed by atoms with Crippen molar-refractivity contribution in [3.05, 3.63) is 219 Å². The quantitative estimate of drug-likeness (QED) is 0.0133. The molecule has 19 heteroatoms. The molecule has 85 heavy (non-hydrogen) atoms. The minimum atomic E-state index is -0.753. The molecule has 4 rings (SSSR count). The lowest BCUT2D eigenvalue weighted by Crippen LogP contribution is -2.16. The van der Waals surface area contributed by atoms with Gasteiger partial charge in [0.15, 0.2) is 0 Å². The predicted molar refractivity (Wildman–Crippen MR) is 328 cm³/mol. The van der Waals surface area contributed by atoms with Gasteiger partial charge in [-0.25, -0.2) is 14.4 Å². The van der Waals surface area contributed by atoms with E-state index in [4.69, 9.17) is 66.3 Å². The molecule has 0 aliphatic carbocycles. The van der Waals surface area contributed by atoms with E-state index in [9.17, 15) is 14.4 Å². The molecule has 0 fully saturated rings. The highest BCUT2D eigenvalue weighted by Gasteiger charge is 2.20. The number of rotatable bonds is 43. The molecule has 4 aromatic carbocycles. The standard InChI is InChI=1S/C26H38O8.C21H24O9.C19H22N2/c1-5-27-9-13-31-19-23-17-25(21-33-15-11-29-7-3)26(22-34-16-12-30-8-4)18-24(23)20-32-14-10-28-6-2;1-4-25-7-10-28-19(22)16-13-17(20(23)29-11-8-26-5-2)15-18(14-16)21(24)30-12-9-27-6-3;1-14(2)20-18-9-5-16(6-10-18)13-17-7-11-19(12-8-17)21-15(3)4/h5-8,17-18H,1-4,9-16,19-22H2;4-6,13-15H,1-3,7-12H2;5-12H,13H2,1-4H3. The van der Waals surface area contributed by atoms with Gasteiger partial charge in [0.1, 0.15) is 66.1 Å². The number of esters is 3. The van der Waals surface area contributed by atoms with Gasteiger partial charge in [-0.1, -0.05) is 82.5 Å². The fourth-order valence-corrected chi connectivity index (χ4v) is 6.98. The van der Waals surface area contributed by atoms with E-state index < -0.39 is 17.9 Å². The van der Waals surface area contributed by atoms with Crippen molar-refractivity contribution in [2.24, 2.45) is 9.98 Å². The first-order chi connectivity index (χ1) is 41.3. The SMILES string of the molecule is C=COCCOC(=O)c1cc(C(=O)OCCOC=C)cc(C(=O)OCCOC=C)c1.C=COCCOCc1cc(COCCOC=C)c(COCCOC=C)cc1COCCOC=C.CC(C)=Nc1ccc(Cc2ccc(N=C(C)C)cc2)cc1. The van der Waals surface area contributed by atoms with Gasteiger partial charge in [0.2, 0.25) is 0 Å². The molecule has 0 aromatic heterocycles. The molecule has 0 saturated carbocycles. The lowest BCUT2D eigenvalue weighted by atomic mass is 9.99. The molecule has 0 aliphatic heterocycles. The van der Waals surface area contributed by atoms with Gasteiger partial charge >= 0.3 is 17.9 Å². The number of hydrogen-bond acceptors (Lipinski definition) is 19. The number of nitrogens with zero attached hydrogens (tertiary/aromatic N) is 2.